The topological polar surface area (TPSA) is 35.6 Å². The van der Waals surface area contributed by atoms with Gasteiger partial charge in [0.05, 0.1) is 0 Å². The molecule has 1 saturated heterocycles. The van der Waals surface area contributed by atoms with E-state index in [0.29, 0.717) is 13.1 Å². The van der Waals surface area contributed by atoms with Crippen LogP contribution in [-0.4, -0.2) is 37.0 Å². The molecule has 0 radical (unpaired) electrons. The van der Waals surface area contributed by atoms with E-state index in [4.69, 9.17) is 0 Å². The van der Waals surface area contributed by atoms with Crippen molar-refractivity contribution in [3.8, 4) is 0 Å². The highest BCUT2D eigenvalue weighted by Crippen LogP contribution is 2.20. The van der Waals surface area contributed by atoms with Gasteiger partial charge >= 0.3 is 0 Å². The lowest BCUT2D eigenvalue weighted by Gasteiger charge is -2.36. The number of halogens is 1. The molecular formula is C19H20FN3O. The van der Waals surface area contributed by atoms with E-state index in [2.05, 4.69) is 16.3 Å². The molecule has 1 N–H and O–H groups in total. The monoisotopic (exact) mass is 325 g/mol. The fourth-order valence-corrected chi connectivity index (χ4v) is 3.43. The van der Waals surface area contributed by atoms with Crippen molar-refractivity contribution >= 4 is 11.6 Å². The fourth-order valence-electron chi connectivity index (χ4n) is 3.43. The van der Waals surface area contributed by atoms with Gasteiger partial charge in [-0.1, -0.05) is 6.07 Å². The molecule has 2 aromatic rings. The summed E-state index contributed by atoms with van der Waals surface area (Å²) in [6.07, 6.45) is 0. The number of benzene rings is 2. The Labute approximate surface area is 140 Å². The number of nitrogens with one attached hydrogen (secondary N) is 1. The van der Waals surface area contributed by atoms with Crippen LogP contribution >= 0.6 is 0 Å². The van der Waals surface area contributed by atoms with Crippen LogP contribution in [-0.2, 0) is 13.1 Å². The molecule has 0 unspecified atom stereocenters. The minimum Gasteiger partial charge on any atom is -0.368 e. The molecule has 24 heavy (non-hydrogen) atoms. The lowest BCUT2D eigenvalue weighted by atomic mass is 10.1. The molecule has 0 spiro atoms. The number of nitrogens with zero attached hydrogens (tertiary/aromatic N) is 2. The Kier molecular flexibility index (Phi) is 3.94. The van der Waals surface area contributed by atoms with Gasteiger partial charge in [-0.25, -0.2) is 4.39 Å². The molecule has 2 aliphatic heterocycles. The van der Waals surface area contributed by atoms with Gasteiger partial charge in [0.1, 0.15) is 5.82 Å². The van der Waals surface area contributed by atoms with Crippen LogP contribution in [0.1, 0.15) is 21.5 Å². The third-order valence-electron chi connectivity index (χ3n) is 4.84. The zero-order valence-electron chi connectivity index (χ0n) is 13.5. The summed E-state index contributed by atoms with van der Waals surface area (Å²) in [5.74, 6) is -0.123. The van der Waals surface area contributed by atoms with Crippen molar-refractivity contribution in [2.45, 2.75) is 13.1 Å². The molecule has 0 bridgehead atoms. The van der Waals surface area contributed by atoms with Crippen molar-refractivity contribution in [2.75, 3.05) is 31.1 Å². The van der Waals surface area contributed by atoms with Crippen LogP contribution in [0.4, 0.5) is 10.1 Å². The first-order valence-corrected chi connectivity index (χ1v) is 8.33. The van der Waals surface area contributed by atoms with Crippen LogP contribution in [0.25, 0.3) is 0 Å². The molecule has 124 valence electrons. The van der Waals surface area contributed by atoms with Gasteiger partial charge in [0.25, 0.3) is 5.91 Å². The van der Waals surface area contributed by atoms with E-state index in [1.54, 1.807) is 12.1 Å². The molecule has 0 aromatic heterocycles. The molecule has 4 rings (SSSR count). The number of anilines is 1. The van der Waals surface area contributed by atoms with Crippen molar-refractivity contribution in [1.82, 2.24) is 10.2 Å². The molecule has 2 aliphatic rings. The Hall–Kier alpha value is -2.40. The van der Waals surface area contributed by atoms with E-state index < -0.39 is 0 Å². The summed E-state index contributed by atoms with van der Waals surface area (Å²) in [7, 11) is 0. The second-order valence-electron chi connectivity index (χ2n) is 6.34. The zero-order valence-corrected chi connectivity index (χ0v) is 13.5. The van der Waals surface area contributed by atoms with Crippen molar-refractivity contribution in [3.63, 3.8) is 0 Å². The Balaban J connectivity index is 1.42. The van der Waals surface area contributed by atoms with Crippen molar-refractivity contribution in [2.24, 2.45) is 0 Å². The summed E-state index contributed by atoms with van der Waals surface area (Å²) in [6, 6.07) is 12.5. The molecule has 1 fully saturated rings. The SMILES string of the molecule is O=C(c1ccc2c(c1)CNC2)N1CCN(c2ccc(F)cc2)CC1. The smallest absolute Gasteiger partial charge is 0.253 e. The van der Waals surface area contributed by atoms with Crippen molar-refractivity contribution < 1.29 is 9.18 Å². The molecule has 0 aliphatic carbocycles. The average Bonchev–Trinajstić information content (AvgIpc) is 3.09. The maximum atomic E-state index is 13.0. The Morgan fingerprint density at radius 1 is 0.917 bits per heavy atom. The first-order chi connectivity index (χ1) is 11.7. The largest absolute Gasteiger partial charge is 0.368 e. The summed E-state index contributed by atoms with van der Waals surface area (Å²) >= 11 is 0. The van der Waals surface area contributed by atoms with Crippen LogP contribution in [0.5, 0.6) is 0 Å². The number of carbonyl (C=O) groups excluding carboxylic acids is 1. The van der Waals surface area contributed by atoms with E-state index >= 15 is 0 Å². The van der Waals surface area contributed by atoms with Crippen LogP contribution in [0.3, 0.4) is 0 Å². The number of fused-ring (bicyclic) bond motifs is 1. The number of hydrogen-bond donors (Lipinski definition) is 1. The average molecular weight is 325 g/mol. The Morgan fingerprint density at radius 3 is 2.38 bits per heavy atom. The third kappa shape index (κ3) is 2.87. The minimum absolute atomic E-state index is 0.100. The number of carbonyl (C=O) groups is 1. The highest BCUT2D eigenvalue weighted by molar-refractivity contribution is 5.94. The first-order valence-electron chi connectivity index (χ1n) is 8.33. The standard InChI is InChI=1S/C19H20FN3O/c20-17-3-5-18(6-4-17)22-7-9-23(10-8-22)19(24)14-1-2-15-12-21-13-16(15)11-14/h1-6,11,21H,7-10,12-13H2. The zero-order chi connectivity index (χ0) is 16.5. The predicted octanol–water partition coefficient (Wildman–Crippen LogP) is 2.39. The van der Waals surface area contributed by atoms with Crippen LogP contribution in [0.2, 0.25) is 0 Å². The summed E-state index contributed by atoms with van der Waals surface area (Å²) in [5, 5.41) is 3.30. The lowest BCUT2D eigenvalue weighted by Crippen LogP contribution is -2.48. The van der Waals surface area contributed by atoms with E-state index in [-0.39, 0.29) is 11.7 Å². The molecule has 2 aromatic carbocycles. The van der Waals surface area contributed by atoms with E-state index in [1.807, 2.05) is 17.0 Å². The normalized spacial score (nSPS) is 17.0. The Morgan fingerprint density at radius 2 is 1.62 bits per heavy atom. The maximum Gasteiger partial charge on any atom is 0.253 e. The molecule has 4 nitrogen and oxygen atoms in total. The number of amides is 1. The van der Waals surface area contributed by atoms with Crippen molar-refractivity contribution in [1.29, 1.82) is 0 Å². The maximum absolute atomic E-state index is 13.0. The Bertz CT molecular complexity index is 752. The molecule has 0 atom stereocenters. The summed E-state index contributed by atoms with van der Waals surface area (Å²) in [5.41, 5.74) is 4.29. The first kappa shape index (κ1) is 15.1. The van der Waals surface area contributed by atoms with Gasteiger partial charge in [-0.15, -0.1) is 0 Å². The molecule has 1 amide bonds. The molecule has 0 saturated carbocycles. The second kappa shape index (κ2) is 6.24. The van der Waals surface area contributed by atoms with Gasteiger partial charge in [0.15, 0.2) is 0 Å². The van der Waals surface area contributed by atoms with Gasteiger partial charge in [0, 0.05) is 50.5 Å². The van der Waals surface area contributed by atoms with E-state index in [9.17, 15) is 9.18 Å². The number of hydrogen-bond acceptors (Lipinski definition) is 3. The summed E-state index contributed by atoms with van der Waals surface area (Å²) < 4.78 is 13.0. The number of piperazine rings is 1. The van der Waals surface area contributed by atoms with Gasteiger partial charge in [-0.05, 0) is 47.5 Å². The van der Waals surface area contributed by atoms with Gasteiger partial charge in [-0.2, -0.15) is 0 Å². The minimum atomic E-state index is -0.223. The summed E-state index contributed by atoms with van der Waals surface area (Å²) in [4.78, 5) is 16.8. The molecular weight excluding hydrogens is 305 g/mol. The quantitative estimate of drug-likeness (QED) is 0.921. The van der Waals surface area contributed by atoms with Gasteiger partial charge in [0.2, 0.25) is 0 Å². The van der Waals surface area contributed by atoms with Crippen LogP contribution in [0.15, 0.2) is 42.5 Å². The van der Waals surface area contributed by atoms with Crippen molar-refractivity contribution in [3.05, 3.63) is 65.0 Å². The second-order valence-corrected chi connectivity index (χ2v) is 6.34. The van der Waals surface area contributed by atoms with Crippen LogP contribution in [0, 0.1) is 5.82 Å². The van der Waals surface area contributed by atoms with Gasteiger partial charge < -0.3 is 15.1 Å². The predicted molar refractivity (Wildman–Crippen MR) is 91.5 cm³/mol. The highest BCUT2D eigenvalue weighted by Gasteiger charge is 2.23. The number of rotatable bonds is 2. The fraction of sp³-hybridized carbons (Fsp3) is 0.316. The van der Waals surface area contributed by atoms with Gasteiger partial charge in [-0.3, -0.25) is 4.79 Å². The highest BCUT2D eigenvalue weighted by atomic mass is 19.1. The molecule has 2 heterocycles. The van der Waals surface area contributed by atoms with E-state index in [1.165, 1.54) is 23.3 Å². The van der Waals surface area contributed by atoms with Crippen LogP contribution < -0.4 is 10.2 Å². The lowest BCUT2D eigenvalue weighted by molar-refractivity contribution is 0.0746. The molecule has 5 heteroatoms. The third-order valence-corrected chi connectivity index (χ3v) is 4.84. The van der Waals surface area contributed by atoms with E-state index in [0.717, 1.165) is 37.4 Å². The summed E-state index contributed by atoms with van der Waals surface area (Å²) in [6.45, 7) is 4.64.